The molecule has 3 aliphatic rings. The van der Waals surface area contributed by atoms with Crippen molar-refractivity contribution in [2.24, 2.45) is 11.8 Å². The summed E-state index contributed by atoms with van der Waals surface area (Å²) in [5, 5.41) is 3.69. The fourth-order valence-electron chi connectivity index (χ4n) is 4.07. The number of nitrogens with zero attached hydrogens (tertiary/aromatic N) is 1. The largest absolute Gasteiger partial charge is 0.314 e. The average Bonchev–Trinajstić information content (AvgIpc) is 3.21. The van der Waals surface area contributed by atoms with E-state index in [9.17, 15) is 0 Å². The third-order valence-electron chi connectivity index (χ3n) is 5.24. The van der Waals surface area contributed by atoms with Gasteiger partial charge in [-0.25, -0.2) is 0 Å². The van der Waals surface area contributed by atoms with Crippen molar-refractivity contribution in [3.05, 3.63) is 0 Å². The van der Waals surface area contributed by atoms with Gasteiger partial charge in [0.2, 0.25) is 0 Å². The van der Waals surface area contributed by atoms with Gasteiger partial charge in [0.15, 0.2) is 0 Å². The predicted molar refractivity (Wildman–Crippen MR) is 76.7 cm³/mol. The second kappa shape index (κ2) is 5.92. The molecule has 3 fully saturated rings. The number of piperidine rings is 1. The molecular weight excluding hydrogens is 220 g/mol. The van der Waals surface area contributed by atoms with Crippen LogP contribution in [-0.2, 0) is 0 Å². The van der Waals surface area contributed by atoms with Gasteiger partial charge in [-0.1, -0.05) is 19.8 Å². The topological polar surface area (TPSA) is 15.3 Å². The van der Waals surface area contributed by atoms with Gasteiger partial charge in [0, 0.05) is 18.6 Å². The summed E-state index contributed by atoms with van der Waals surface area (Å²) in [5.74, 6) is 1.86. The van der Waals surface area contributed by atoms with E-state index in [2.05, 4.69) is 17.1 Å². The standard InChI is InChI=1S/C16H30N2/c1-13(11-17-15-8-9-15)12-18-10-4-6-14-5-2-3-7-16(14)18/h13-17H,2-12H2,1H3/t13?,14-,16-/m1/s1. The van der Waals surface area contributed by atoms with Crippen molar-refractivity contribution >= 4 is 0 Å². The van der Waals surface area contributed by atoms with Crippen molar-refractivity contribution in [1.82, 2.24) is 10.2 Å². The smallest absolute Gasteiger partial charge is 0.0124 e. The van der Waals surface area contributed by atoms with Gasteiger partial charge in [-0.15, -0.1) is 0 Å². The summed E-state index contributed by atoms with van der Waals surface area (Å²) < 4.78 is 0. The normalized spacial score (nSPS) is 35.2. The van der Waals surface area contributed by atoms with Crippen LogP contribution in [0.15, 0.2) is 0 Å². The molecule has 104 valence electrons. The molecule has 0 aromatic rings. The van der Waals surface area contributed by atoms with Crippen molar-refractivity contribution in [2.45, 2.75) is 70.4 Å². The highest BCUT2D eigenvalue weighted by molar-refractivity contribution is 4.88. The Kier molecular flexibility index (Phi) is 4.25. The molecule has 1 heterocycles. The minimum atomic E-state index is 0.825. The second-order valence-electron chi connectivity index (χ2n) is 7.04. The highest BCUT2D eigenvalue weighted by Crippen LogP contribution is 2.35. The minimum Gasteiger partial charge on any atom is -0.314 e. The number of fused-ring (bicyclic) bond motifs is 1. The van der Waals surface area contributed by atoms with E-state index in [1.54, 1.807) is 0 Å². The van der Waals surface area contributed by atoms with Gasteiger partial charge in [-0.3, -0.25) is 4.90 Å². The SMILES string of the molecule is CC(CNC1CC1)CN1CCC[C@H]2CCCC[C@H]21. The van der Waals surface area contributed by atoms with E-state index < -0.39 is 0 Å². The van der Waals surface area contributed by atoms with E-state index in [0.717, 1.165) is 23.9 Å². The van der Waals surface area contributed by atoms with Crippen LogP contribution in [0.3, 0.4) is 0 Å². The maximum atomic E-state index is 3.69. The number of hydrogen-bond acceptors (Lipinski definition) is 2. The van der Waals surface area contributed by atoms with Gasteiger partial charge in [-0.2, -0.15) is 0 Å². The number of nitrogens with one attached hydrogen (secondary N) is 1. The lowest BCUT2D eigenvalue weighted by atomic mass is 9.78. The van der Waals surface area contributed by atoms with Crippen molar-refractivity contribution in [3.8, 4) is 0 Å². The zero-order valence-electron chi connectivity index (χ0n) is 12.0. The second-order valence-corrected chi connectivity index (χ2v) is 7.04. The van der Waals surface area contributed by atoms with Gasteiger partial charge in [0.25, 0.3) is 0 Å². The summed E-state index contributed by atoms with van der Waals surface area (Å²) in [6, 6.07) is 1.81. The van der Waals surface area contributed by atoms with Crippen LogP contribution in [0.2, 0.25) is 0 Å². The van der Waals surface area contributed by atoms with E-state index in [4.69, 9.17) is 0 Å². The lowest BCUT2D eigenvalue weighted by molar-refractivity contribution is 0.0499. The van der Waals surface area contributed by atoms with Crippen molar-refractivity contribution < 1.29 is 0 Å². The molecule has 2 heteroatoms. The molecule has 2 aliphatic carbocycles. The highest BCUT2D eigenvalue weighted by atomic mass is 15.2. The highest BCUT2D eigenvalue weighted by Gasteiger charge is 2.33. The molecule has 2 saturated carbocycles. The Bertz CT molecular complexity index is 260. The van der Waals surface area contributed by atoms with Gasteiger partial charge in [0.05, 0.1) is 0 Å². The third kappa shape index (κ3) is 3.27. The fraction of sp³-hybridized carbons (Fsp3) is 1.00. The van der Waals surface area contributed by atoms with E-state index >= 15 is 0 Å². The van der Waals surface area contributed by atoms with Crippen LogP contribution in [-0.4, -0.2) is 36.6 Å². The first-order valence-electron chi connectivity index (χ1n) is 8.30. The summed E-state index contributed by atoms with van der Waals surface area (Å²) in [7, 11) is 0. The molecular formula is C16H30N2. The maximum absolute atomic E-state index is 3.69. The molecule has 0 aromatic carbocycles. The molecule has 1 saturated heterocycles. The van der Waals surface area contributed by atoms with Crippen LogP contribution in [0.25, 0.3) is 0 Å². The first-order valence-corrected chi connectivity index (χ1v) is 8.30. The van der Waals surface area contributed by atoms with Gasteiger partial charge in [-0.05, 0) is 63.5 Å². The summed E-state index contributed by atoms with van der Waals surface area (Å²) >= 11 is 0. The summed E-state index contributed by atoms with van der Waals surface area (Å²) in [4.78, 5) is 2.84. The fourth-order valence-corrected chi connectivity index (χ4v) is 4.07. The van der Waals surface area contributed by atoms with Crippen molar-refractivity contribution in [1.29, 1.82) is 0 Å². The third-order valence-corrected chi connectivity index (χ3v) is 5.24. The molecule has 0 bridgehead atoms. The summed E-state index contributed by atoms with van der Waals surface area (Å²) in [6.45, 7) is 6.37. The Hall–Kier alpha value is -0.0800. The summed E-state index contributed by atoms with van der Waals surface area (Å²) in [5.41, 5.74) is 0. The predicted octanol–water partition coefficient (Wildman–Crippen LogP) is 3.03. The average molecular weight is 250 g/mol. The maximum Gasteiger partial charge on any atom is 0.0124 e. The molecule has 1 unspecified atom stereocenters. The molecule has 0 spiro atoms. The first kappa shape index (κ1) is 12.9. The number of likely N-dealkylation sites (tertiary alicyclic amines) is 1. The monoisotopic (exact) mass is 250 g/mol. The molecule has 3 atom stereocenters. The van der Waals surface area contributed by atoms with Crippen LogP contribution < -0.4 is 5.32 Å². The Morgan fingerprint density at radius 1 is 1.06 bits per heavy atom. The molecule has 0 aromatic heterocycles. The Balaban J connectivity index is 1.47. The Morgan fingerprint density at radius 2 is 1.83 bits per heavy atom. The molecule has 0 radical (unpaired) electrons. The van der Waals surface area contributed by atoms with Gasteiger partial charge in [0.1, 0.15) is 0 Å². The van der Waals surface area contributed by atoms with E-state index in [0.29, 0.717) is 0 Å². The van der Waals surface area contributed by atoms with Crippen LogP contribution >= 0.6 is 0 Å². The van der Waals surface area contributed by atoms with Crippen LogP contribution in [0.5, 0.6) is 0 Å². The molecule has 1 aliphatic heterocycles. The van der Waals surface area contributed by atoms with E-state index in [-0.39, 0.29) is 0 Å². The van der Waals surface area contributed by atoms with E-state index in [1.165, 1.54) is 71.0 Å². The molecule has 0 amide bonds. The van der Waals surface area contributed by atoms with Crippen molar-refractivity contribution in [3.63, 3.8) is 0 Å². The first-order chi connectivity index (χ1) is 8.83. The van der Waals surface area contributed by atoms with Crippen LogP contribution in [0.4, 0.5) is 0 Å². The van der Waals surface area contributed by atoms with Gasteiger partial charge >= 0.3 is 0 Å². The minimum absolute atomic E-state index is 0.825. The molecule has 3 rings (SSSR count). The number of rotatable bonds is 5. The molecule has 2 nitrogen and oxygen atoms in total. The zero-order valence-corrected chi connectivity index (χ0v) is 12.0. The van der Waals surface area contributed by atoms with Crippen LogP contribution in [0.1, 0.15) is 58.3 Å². The number of hydrogen-bond donors (Lipinski definition) is 1. The van der Waals surface area contributed by atoms with Crippen molar-refractivity contribution in [2.75, 3.05) is 19.6 Å². The molecule has 1 N–H and O–H groups in total. The van der Waals surface area contributed by atoms with Gasteiger partial charge < -0.3 is 5.32 Å². The van der Waals surface area contributed by atoms with Crippen LogP contribution in [0, 0.1) is 11.8 Å². The lowest BCUT2D eigenvalue weighted by Gasteiger charge is -2.45. The Labute approximate surface area is 113 Å². The van der Waals surface area contributed by atoms with E-state index in [1.807, 2.05) is 0 Å². The zero-order chi connectivity index (χ0) is 12.4. The quantitative estimate of drug-likeness (QED) is 0.807. The lowest BCUT2D eigenvalue weighted by Crippen LogP contribution is -2.49. The Morgan fingerprint density at radius 3 is 2.67 bits per heavy atom. The summed E-state index contributed by atoms with van der Waals surface area (Å²) in [6.07, 6.45) is 11.8. The molecule has 18 heavy (non-hydrogen) atoms.